The van der Waals surface area contributed by atoms with E-state index in [0.717, 1.165) is 18.2 Å². The van der Waals surface area contributed by atoms with Crippen LogP contribution >= 0.6 is 0 Å². The van der Waals surface area contributed by atoms with Crippen LogP contribution in [0.15, 0.2) is 36.4 Å². The van der Waals surface area contributed by atoms with Crippen molar-refractivity contribution >= 4 is 17.1 Å². The van der Waals surface area contributed by atoms with Crippen LogP contribution in [0, 0.1) is 11.6 Å². The van der Waals surface area contributed by atoms with Crippen LogP contribution < -0.4 is 11.1 Å². The Morgan fingerprint density at radius 1 is 0.947 bits per heavy atom. The summed E-state index contributed by atoms with van der Waals surface area (Å²) in [6.07, 6.45) is -2.75. The molecule has 0 heterocycles. The van der Waals surface area contributed by atoms with Crippen LogP contribution in [0.2, 0.25) is 0 Å². The summed E-state index contributed by atoms with van der Waals surface area (Å²) in [7, 11) is 0. The standard InChI is InChI=1S/C13H10F4N2/c14-7-3-8(15)5-10(4-7)19-12-2-1-9(18)6-11(12)13(16)17/h1-6,13,19H,18H2. The first-order valence-electron chi connectivity index (χ1n) is 5.36. The van der Waals surface area contributed by atoms with Crippen molar-refractivity contribution in [1.82, 2.24) is 0 Å². The number of rotatable bonds is 3. The van der Waals surface area contributed by atoms with Gasteiger partial charge in [-0.1, -0.05) is 0 Å². The molecular formula is C13H10F4N2. The quantitative estimate of drug-likeness (QED) is 0.647. The molecule has 0 aliphatic rings. The Morgan fingerprint density at radius 3 is 2.16 bits per heavy atom. The van der Waals surface area contributed by atoms with E-state index in [0.29, 0.717) is 6.07 Å². The average Bonchev–Trinajstić information content (AvgIpc) is 2.30. The largest absolute Gasteiger partial charge is 0.399 e. The zero-order valence-electron chi connectivity index (χ0n) is 9.63. The maximum Gasteiger partial charge on any atom is 0.265 e. The highest BCUT2D eigenvalue weighted by Gasteiger charge is 2.14. The molecule has 0 atom stereocenters. The van der Waals surface area contributed by atoms with E-state index in [4.69, 9.17) is 5.73 Å². The lowest BCUT2D eigenvalue weighted by molar-refractivity contribution is 0.152. The molecule has 0 radical (unpaired) electrons. The Hall–Kier alpha value is -2.24. The minimum Gasteiger partial charge on any atom is -0.399 e. The first kappa shape index (κ1) is 13.2. The number of hydrogen-bond donors (Lipinski definition) is 2. The van der Waals surface area contributed by atoms with Crippen LogP contribution in [-0.4, -0.2) is 0 Å². The summed E-state index contributed by atoms with van der Waals surface area (Å²) in [6.45, 7) is 0. The third kappa shape index (κ3) is 3.15. The molecule has 0 spiro atoms. The molecule has 6 heteroatoms. The van der Waals surface area contributed by atoms with Crippen LogP contribution in [0.3, 0.4) is 0 Å². The predicted octanol–water partition coefficient (Wildman–Crippen LogP) is 4.23. The van der Waals surface area contributed by atoms with Gasteiger partial charge in [0, 0.05) is 28.7 Å². The maximum atomic E-state index is 13.0. The average molecular weight is 270 g/mol. The van der Waals surface area contributed by atoms with Crippen molar-refractivity contribution in [3.8, 4) is 0 Å². The minimum atomic E-state index is -2.75. The second-order valence-corrected chi connectivity index (χ2v) is 3.93. The first-order valence-corrected chi connectivity index (χ1v) is 5.36. The zero-order chi connectivity index (χ0) is 14.0. The topological polar surface area (TPSA) is 38.0 Å². The van der Waals surface area contributed by atoms with Crippen LogP contribution in [-0.2, 0) is 0 Å². The van der Waals surface area contributed by atoms with Crippen molar-refractivity contribution in [2.45, 2.75) is 6.43 Å². The lowest BCUT2D eigenvalue weighted by Gasteiger charge is -2.12. The Balaban J connectivity index is 2.37. The molecular weight excluding hydrogens is 260 g/mol. The number of anilines is 3. The van der Waals surface area contributed by atoms with E-state index in [1.807, 2.05) is 0 Å². The second kappa shape index (κ2) is 5.17. The number of nitrogen functional groups attached to an aromatic ring is 1. The summed E-state index contributed by atoms with van der Waals surface area (Å²) >= 11 is 0. The van der Waals surface area contributed by atoms with Crippen LogP contribution in [0.1, 0.15) is 12.0 Å². The van der Waals surface area contributed by atoms with Crippen molar-refractivity contribution in [2.75, 3.05) is 11.1 Å². The van der Waals surface area contributed by atoms with E-state index >= 15 is 0 Å². The molecule has 2 nitrogen and oxygen atoms in total. The number of halogens is 4. The van der Waals surface area contributed by atoms with Crippen molar-refractivity contribution < 1.29 is 17.6 Å². The van der Waals surface area contributed by atoms with Crippen molar-refractivity contribution in [1.29, 1.82) is 0 Å². The number of benzene rings is 2. The van der Waals surface area contributed by atoms with E-state index in [-0.39, 0.29) is 22.6 Å². The third-order valence-electron chi connectivity index (χ3n) is 2.45. The fraction of sp³-hybridized carbons (Fsp3) is 0.0769. The smallest absolute Gasteiger partial charge is 0.265 e. The van der Waals surface area contributed by atoms with Gasteiger partial charge in [-0.3, -0.25) is 0 Å². The molecule has 0 saturated heterocycles. The van der Waals surface area contributed by atoms with Gasteiger partial charge in [-0.05, 0) is 30.3 Å². The Labute approximate surface area is 106 Å². The highest BCUT2D eigenvalue weighted by atomic mass is 19.3. The normalized spacial score (nSPS) is 10.8. The summed E-state index contributed by atoms with van der Waals surface area (Å²) < 4.78 is 51.7. The molecule has 2 aromatic rings. The van der Waals surface area contributed by atoms with Crippen LogP contribution in [0.25, 0.3) is 0 Å². The van der Waals surface area contributed by atoms with Crippen molar-refractivity contribution in [3.05, 3.63) is 53.6 Å². The molecule has 0 bridgehead atoms. The Kier molecular flexibility index (Phi) is 3.59. The molecule has 0 fully saturated rings. The molecule has 0 amide bonds. The summed E-state index contributed by atoms with van der Waals surface area (Å²) in [5.41, 5.74) is 5.38. The fourth-order valence-corrected chi connectivity index (χ4v) is 1.66. The molecule has 100 valence electrons. The summed E-state index contributed by atoms with van der Waals surface area (Å²) in [5.74, 6) is -1.59. The summed E-state index contributed by atoms with van der Waals surface area (Å²) in [6, 6.07) is 6.58. The van der Waals surface area contributed by atoms with Gasteiger partial charge in [-0.15, -0.1) is 0 Å². The van der Waals surface area contributed by atoms with Crippen molar-refractivity contribution in [2.24, 2.45) is 0 Å². The molecule has 2 aromatic carbocycles. The number of nitrogens with one attached hydrogen (secondary N) is 1. The number of nitrogens with two attached hydrogens (primary N) is 1. The molecule has 0 unspecified atom stereocenters. The van der Waals surface area contributed by atoms with Gasteiger partial charge >= 0.3 is 0 Å². The SMILES string of the molecule is Nc1ccc(Nc2cc(F)cc(F)c2)c(C(F)F)c1. The third-order valence-corrected chi connectivity index (χ3v) is 2.45. The van der Waals surface area contributed by atoms with Gasteiger partial charge in [-0.2, -0.15) is 0 Å². The van der Waals surface area contributed by atoms with Gasteiger partial charge in [-0.25, -0.2) is 17.6 Å². The van der Waals surface area contributed by atoms with E-state index in [1.165, 1.54) is 12.1 Å². The van der Waals surface area contributed by atoms with Crippen LogP contribution in [0.5, 0.6) is 0 Å². The molecule has 0 aliphatic carbocycles. The van der Waals surface area contributed by atoms with Gasteiger partial charge in [0.2, 0.25) is 0 Å². The molecule has 0 aromatic heterocycles. The van der Waals surface area contributed by atoms with E-state index in [2.05, 4.69) is 5.32 Å². The lowest BCUT2D eigenvalue weighted by Crippen LogP contribution is -1.99. The van der Waals surface area contributed by atoms with Gasteiger partial charge in [0.05, 0.1) is 0 Å². The molecule has 3 N–H and O–H groups in total. The molecule has 0 aliphatic heterocycles. The lowest BCUT2D eigenvalue weighted by atomic mass is 10.1. The van der Waals surface area contributed by atoms with E-state index in [9.17, 15) is 17.6 Å². The fourth-order valence-electron chi connectivity index (χ4n) is 1.66. The highest BCUT2D eigenvalue weighted by Crippen LogP contribution is 2.31. The molecule has 0 saturated carbocycles. The highest BCUT2D eigenvalue weighted by molar-refractivity contribution is 5.66. The second-order valence-electron chi connectivity index (χ2n) is 3.93. The van der Waals surface area contributed by atoms with Gasteiger partial charge < -0.3 is 11.1 Å². The van der Waals surface area contributed by atoms with Gasteiger partial charge in [0.1, 0.15) is 11.6 Å². The Bertz CT molecular complexity index is 579. The number of alkyl halides is 2. The molecule has 2 rings (SSSR count). The monoisotopic (exact) mass is 270 g/mol. The van der Waals surface area contributed by atoms with Crippen LogP contribution in [0.4, 0.5) is 34.6 Å². The minimum absolute atomic E-state index is 0.0455. The summed E-state index contributed by atoms with van der Waals surface area (Å²) in [5, 5.41) is 2.55. The predicted molar refractivity (Wildman–Crippen MR) is 65.5 cm³/mol. The Morgan fingerprint density at radius 2 is 1.58 bits per heavy atom. The molecule has 19 heavy (non-hydrogen) atoms. The first-order chi connectivity index (χ1) is 8.95. The van der Waals surface area contributed by atoms with E-state index in [1.54, 1.807) is 0 Å². The zero-order valence-corrected chi connectivity index (χ0v) is 9.63. The van der Waals surface area contributed by atoms with E-state index < -0.39 is 18.1 Å². The van der Waals surface area contributed by atoms with Gasteiger partial charge in [0.25, 0.3) is 6.43 Å². The van der Waals surface area contributed by atoms with Crippen molar-refractivity contribution in [3.63, 3.8) is 0 Å². The number of hydrogen-bond acceptors (Lipinski definition) is 2. The maximum absolute atomic E-state index is 13.0. The summed E-state index contributed by atoms with van der Waals surface area (Å²) in [4.78, 5) is 0. The van der Waals surface area contributed by atoms with Gasteiger partial charge in [0.15, 0.2) is 0 Å².